The van der Waals surface area contributed by atoms with Gasteiger partial charge < -0.3 is 9.80 Å². The Kier molecular flexibility index (Phi) is 5.63. The lowest BCUT2D eigenvalue weighted by Gasteiger charge is -2.34. The SMILES string of the molecule is CCc1nn(-c2cccc(C)c2)c(CC)c1C(=O)N1CCN(C(C)=O)CC1. The molecule has 6 heteroatoms. The highest BCUT2D eigenvalue weighted by molar-refractivity contribution is 5.97. The van der Waals surface area contributed by atoms with Crippen LogP contribution in [0.15, 0.2) is 24.3 Å². The van der Waals surface area contributed by atoms with Crippen molar-refractivity contribution in [2.75, 3.05) is 26.2 Å². The number of amides is 2. The number of hydrogen-bond donors (Lipinski definition) is 0. The van der Waals surface area contributed by atoms with Crippen LogP contribution >= 0.6 is 0 Å². The van der Waals surface area contributed by atoms with Crippen LogP contribution in [0.2, 0.25) is 0 Å². The van der Waals surface area contributed by atoms with E-state index in [-0.39, 0.29) is 11.8 Å². The normalized spacial score (nSPS) is 14.5. The molecule has 1 aromatic carbocycles. The third kappa shape index (κ3) is 3.75. The molecule has 144 valence electrons. The molecule has 2 heterocycles. The second-order valence-electron chi connectivity index (χ2n) is 7.02. The molecule has 0 aliphatic carbocycles. The van der Waals surface area contributed by atoms with E-state index in [4.69, 9.17) is 5.10 Å². The summed E-state index contributed by atoms with van der Waals surface area (Å²) in [5, 5.41) is 4.77. The first-order valence-corrected chi connectivity index (χ1v) is 9.68. The van der Waals surface area contributed by atoms with E-state index in [9.17, 15) is 9.59 Å². The molecule has 0 atom stereocenters. The van der Waals surface area contributed by atoms with E-state index in [0.29, 0.717) is 32.6 Å². The zero-order valence-electron chi connectivity index (χ0n) is 16.7. The average Bonchev–Trinajstić information content (AvgIpc) is 3.06. The van der Waals surface area contributed by atoms with Gasteiger partial charge in [0.05, 0.1) is 22.6 Å². The number of carbonyl (C=O) groups is 2. The molecule has 0 saturated carbocycles. The van der Waals surface area contributed by atoms with Gasteiger partial charge in [-0.25, -0.2) is 4.68 Å². The average molecular weight is 368 g/mol. The summed E-state index contributed by atoms with van der Waals surface area (Å²) in [5.41, 5.74) is 4.68. The minimum Gasteiger partial charge on any atom is -0.339 e. The summed E-state index contributed by atoms with van der Waals surface area (Å²) in [4.78, 5) is 28.5. The van der Waals surface area contributed by atoms with Gasteiger partial charge in [0.1, 0.15) is 0 Å². The summed E-state index contributed by atoms with van der Waals surface area (Å²) in [6.07, 6.45) is 1.44. The minimum absolute atomic E-state index is 0.0332. The van der Waals surface area contributed by atoms with Gasteiger partial charge in [-0.05, 0) is 37.5 Å². The molecule has 0 radical (unpaired) electrons. The smallest absolute Gasteiger partial charge is 0.257 e. The largest absolute Gasteiger partial charge is 0.339 e. The predicted octanol–water partition coefficient (Wildman–Crippen LogP) is 2.61. The molecule has 1 aliphatic rings. The molecular weight excluding hydrogens is 340 g/mol. The first kappa shape index (κ1) is 19.1. The minimum atomic E-state index is 0.0332. The van der Waals surface area contributed by atoms with Gasteiger partial charge in [0.15, 0.2) is 0 Å². The van der Waals surface area contributed by atoms with Crippen molar-refractivity contribution in [2.45, 2.75) is 40.5 Å². The first-order valence-electron chi connectivity index (χ1n) is 9.68. The molecule has 0 N–H and O–H groups in total. The zero-order valence-corrected chi connectivity index (χ0v) is 16.7. The van der Waals surface area contributed by atoms with Gasteiger partial charge >= 0.3 is 0 Å². The van der Waals surface area contributed by atoms with E-state index >= 15 is 0 Å². The van der Waals surface area contributed by atoms with Gasteiger partial charge in [-0.1, -0.05) is 26.0 Å². The second-order valence-corrected chi connectivity index (χ2v) is 7.02. The molecule has 0 unspecified atom stereocenters. The van der Waals surface area contributed by atoms with Crippen molar-refractivity contribution >= 4 is 11.8 Å². The number of benzene rings is 1. The molecule has 1 aliphatic heterocycles. The number of aryl methyl sites for hydroxylation is 2. The highest BCUT2D eigenvalue weighted by Gasteiger charge is 2.29. The van der Waals surface area contributed by atoms with Crippen molar-refractivity contribution < 1.29 is 9.59 Å². The Hall–Kier alpha value is -2.63. The highest BCUT2D eigenvalue weighted by atomic mass is 16.2. The highest BCUT2D eigenvalue weighted by Crippen LogP contribution is 2.23. The number of aromatic nitrogens is 2. The maximum atomic E-state index is 13.3. The zero-order chi connectivity index (χ0) is 19.6. The van der Waals surface area contributed by atoms with Crippen molar-refractivity contribution in [2.24, 2.45) is 0 Å². The fourth-order valence-corrected chi connectivity index (χ4v) is 3.68. The van der Waals surface area contributed by atoms with E-state index in [2.05, 4.69) is 26.0 Å². The topological polar surface area (TPSA) is 58.4 Å². The fourth-order valence-electron chi connectivity index (χ4n) is 3.68. The summed E-state index contributed by atoms with van der Waals surface area (Å²) in [5.74, 6) is 0.101. The van der Waals surface area contributed by atoms with E-state index in [1.54, 1.807) is 11.8 Å². The monoisotopic (exact) mass is 368 g/mol. The Morgan fingerprint density at radius 3 is 2.26 bits per heavy atom. The Bertz CT molecular complexity index is 848. The second kappa shape index (κ2) is 7.94. The van der Waals surface area contributed by atoms with Crippen LogP contribution in [0.4, 0.5) is 0 Å². The van der Waals surface area contributed by atoms with E-state index < -0.39 is 0 Å². The van der Waals surface area contributed by atoms with Gasteiger partial charge in [-0.15, -0.1) is 0 Å². The molecule has 0 bridgehead atoms. The summed E-state index contributed by atoms with van der Waals surface area (Å²) in [7, 11) is 0. The Balaban J connectivity index is 1.95. The third-order valence-corrected chi connectivity index (χ3v) is 5.20. The van der Waals surface area contributed by atoms with Crippen LogP contribution in [0.25, 0.3) is 5.69 Å². The van der Waals surface area contributed by atoms with Crippen LogP contribution in [0.5, 0.6) is 0 Å². The lowest BCUT2D eigenvalue weighted by Crippen LogP contribution is -2.50. The molecular formula is C21H28N4O2. The lowest BCUT2D eigenvalue weighted by atomic mass is 10.1. The van der Waals surface area contributed by atoms with Crippen LogP contribution in [0, 0.1) is 6.92 Å². The molecule has 1 aromatic heterocycles. The number of carbonyl (C=O) groups excluding carboxylic acids is 2. The fraction of sp³-hybridized carbons (Fsp3) is 0.476. The third-order valence-electron chi connectivity index (χ3n) is 5.20. The molecule has 2 amide bonds. The van der Waals surface area contributed by atoms with E-state index in [1.165, 1.54) is 0 Å². The Morgan fingerprint density at radius 2 is 1.70 bits per heavy atom. The van der Waals surface area contributed by atoms with Crippen LogP contribution < -0.4 is 0 Å². The number of piperazine rings is 1. The van der Waals surface area contributed by atoms with Crippen molar-refractivity contribution in [3.63, 3.8) is 0 Å². The van der Waals surface area contributed by atoms with Crippen molar-refractivity contribution in [1.82, 2.24) is 19.6 Å². The molecule has 27 heavy (non-hydrogen) atoms. The molecule has 2 aromatic rings. The number of nitrogens with zero attached hydrogens (tertiary/aromatic N) is 4. The summed E-state index contributed by atoms with van der Waals surface area (Å²) in [6, 6.07) is 8.18. The van der Waals surface area contributed by atoms with Crippen LogP contribution in [0.3, 0.4) is 0 Å². The molecule has 3 rings (SSSR count). The molecule has 0 spiro atoms. The van der Waals surface area contributed by atoms with Crippen LogP contribution in [0.1, 0.15) is 48.1 Å². The van der Waals surface area contributed by atoms with Crippen LogP contribution in [-0.2, 0) is 17.6 Å². The van der Waals surface area contributed by atoms with E-state index in [0.717, 1.165) is 34.6 Å². The quantitative estimate of drug-likeness (QED) is 0.833. The van der Waals surface area contributed by atoms with Crippen molar-refractivity contribution in [3.05, 3.63) is 46.8 Å². The van der Waals surface area contributed by atoms with Gasteiger partial charge in [0.25, 0.3) is 5.91 Å². The van der Waals surface area contributed by atoms with E-state index in [1.807, 2.05) is 28.6 Å². The maximum Gasteiger partial charge on any atom is 0.257 e. The number of rotatable bonds is 4. The standard InChI is InChI=1S/C21H28N4O2/c1-5-18-20(21(27)24-12-10-23(11-13-24)16(4)26)19(6-2)25(22-18)17-9-7-8-15(3)14-17/h7-9,14H,5-6,10-13H2,1-4H3. The summed E-state index contributed by atoms with van der Waals surface area (Å²) in [6.45, 7) is 10.1. The predicted molar refractivity (Wildman–Crippen MR) is 105 cm³/mol. The van der Waals surface area contributed by atoms with Gasteiger partial charge in [-0.2, -0.15) is 5.10 Å². The summed E-state index contributed by atoms with van der Waals surface area (Å²) < 4.78 is 1.92. The van der Waals surface area contributed by atoms with Gasteiger partial charge in [-0.3, -0.25) is 9.59 Å². The Labute approximate surface area is 160 Å². The lowest BCUT2D eigenvalue weighted by molar-refractivity contribution is -0.130. The Morgan fingerprint density at radius 1 is 1.04 bits per heavy atom. The van der Waals surface area contributed by atoms with Gasteiger partial charge in [0.2, 0.25) is 5.91 Å². The molecule has 1 saturated heterocycles. The summed E-state index contributed by atoms with van der Waals surface area (Å²) >= 11 is 0. The van der Waals surface area contributed by atoms with Crippen LogP contribution in [-0.4, -0.2) is 57.6 Å². The maximum absolute atomic E-state index is 13.3. The molecule has 6 nitrogen and oxygen atoms in total. The van der Waals surface area contributed by atoms with Crippen molar-refractivity contribution in [1.29, 1.82) is 0 Å². The molecule has 1 fully saturated rings. The first-order chi connectivity index (χ1) is 13.0. The van der Waals surface area contributed by atoms with Gasteiger partial charge in [0, 0.05) is 33.1 Å². The number of hydrogen-bond acceptors (Lipinski definition) is 3. The van der Waals surface area contributed by atoms with Crippen molar-refractivity contribution in [3.8, 4) is 5.69 Å².